The average Bonchev–Trinajstić information content (AvgIpc) is 3.12. The number of amides is 1. The summed E-state index contributed by atoms with van der Waals surface area (Å²) in [5.41, 5.74) is 2.91. The fraction of sp³-hybridized carbons (Fsp3) is 0.143. The summed E-state index contributed by atoms with van der Waals surface area (Å²) >= 11 is 0. The molecule has 7 heteroatoms. The number of hydrogen-bond acceptors (Lipinski definition) is 4. The van der Waals surface area contributed by atoms with E-state index in [1.54, 1.807) is 12.1 Å². The van der Waals surface area contributed by atoms with Gasteiger partial charge in [0.1, 0.15) is 12.4 Å². The van der Waals surface area contributed by atoms with E-state index in [4.69, 9.17) is 0 Å². The highest BCUT2D eigenvalue weighted by molar-refractivity contribution is 5.92. The van der Waals surface area contributed by atoms with Crippen molar-refractivity contribution in [3.05, 3.63) is 76.3 Å². The summed E-state index contributed by atoms with van der Waals surface area (Å²) in [5.74, 6) is 1.13. The van der Waals surface area contributed by atoms with Crippen LogP contribution in [0.4, 0.5) is 5.69 Å². The lowest BCUT2D eigenvalue weighted by Crippen LogP contribution is -2.22. The second-order valence-electron chi connectivity index (χ2n) is 6.63. The third kappa shape index (κ3) is 3.42. The minimum atomic E-state index is -0.180. The largest absolute Gasteiger partial charge is 0.335 e. The molecule has 2 N–H and O–H groups in total. The maximum absolute atomic E-state index is 12.7. The Balaban J connectivity index is 1.59. The van der Waals surface area contributed by atoms with Crippen molar-refractivity contribution in [3.8, 4) is 11.4 Å². The number of H-pyrrole nitrogens is 1. The number of aromatic amines is 1. The Morgan fingerprint density at radius 3 is 2.71 bits per heavy atom. The topological polar surface area (TPSA) is 92.7 Å². The number of hydrogen-bond donors (Lipinski definition) is 2. The summed E-state index contributed by atoms with van der Waals surface area (Å²) in [6, 6.07) is 16.2. The van der Waals surface area contributed by atoms with E-state index < -0.39 is 0 Å². The van der Waals surface area contributed by atoms with Crippen LogP contribution in [0, 0.1) is 13.8 Å². The number of carbonyl (C=O) groups is 1. The quantitative estimate of drug-likeness (QED) is 0.575. The number of aromatic nitrogens is 4. The van der Waals surface area contributed by atoms with Gasteiger partial charge < -0.3 is 9.88 Å². The number of nitrogens with one attached hydrogen (secondary N) is 2. The van der Waals surface area contributed by atoms with Gasteiger partial charge in [0.05, 0.1) is 5.52 Å². The van der Waals surface area contributed by atoms with Crippen LogP contribution in [0.3, 0.4) is 0 Å². The van der Waals surface area contributed by atoms with Crippen molar-refractivity contribution < 1.29 is 4.79 Å². The number of pyridine rings is 1. The van der Waals surface area contributed by atoms with Crippen LogP contribution in [0.2, 0.25) is 0 Å². The van der Waals surface area contributed by atoms with E-state index in [0.29, 0.717) is 16.9 Å². The van der Waals surface area contributed by atoms with Crippen LogP contribution in [-0.4, -0.2) is 25.7 Å². The molecule has 7 nitrogen and oxygen atoms in total. The molecule has 4 aromatic rings. The highest BCUT2D eigenvalue weighted by Crippen LogP contribution is 2.19. The summed E-state index contributed by atoms with van der Waals surface area (Å²) in [6.45, 7) is 3.77. The monoisotopic (exact) mass is 373 g/mol. The van der Waals surface area contributed by atoms with Gasteiger partial charge in [-0.2, -0.15) is 5.10 Å². The van der Waals surface area contributed by atoms with Gasteiger partial charge in [-0.3, -0.25) is 14.7 Å². The molecular weight excluding hydrogens is 354 g/mol. The molecule has 0 fully saturated rings. The Morgan fingerprint density at radius 2 is 1.93 bits per heavy atom. The molecule has 4 rings (SSSR count). The lowest BCUT2D eigenvalue weighted by molar-refractivity contribution is -0.116. The van der Waals surface area contributed by atoms with Crippen LogP contribution in [-0.2, 0) is 11.3 Å². The SMILES string of the molecule is Cc1nc(-c2cccc(NC(=O)Cn3c(C)cc(=O)c4ccccc43)c2)n[nH]1. The molecule has 0 unspecified atom stereocenters. The van der Waals surface area contributed by atoms with E-state index in [0.717, 1.165) is 22.6 Å². The van der Waals surface area contributed by atoms with Gasteiger partial charge in [0, 0.05) is 28.4 Å². The van der Waals surface area contributed by atoms with Crippen molar-refractivity contribution in [2.45, 2.75) is 20.4 Å². The summed E-state index contributed by atoms with van der Waals surface area (Å²) in [7, 11) is 0. The first-order valence-corrected chi connectivity index (χ1v) is 8.90. The van der Waals surface area contributed by atoms with Gasteiger partial charge >= 0.3 is 0 Å². The average molecular weight is 373 g/mol. The minimum Gasteiger partial charge on any atom is -0.335 e. The molecule has 2 aromatic heterocycles. The van der Waals surface area contributed by atoms with Gasteiger partial charge in [-0.1, -0.05) is 24.3 Å². The van der Waals surface area contributed by atoms with E-state index in [2.05, 4.69) is 20.5 Å². The molecule has 28 heavy (non-hydrogen) atoms. The van der Waals surface area contributed by atoms with Crippen molar-refractivity contribution in [3.63, 3.8) is 0 Å². The number of nitrogens with zero attached hydrogens (tertiary/aromatic N) is 3. The molecule has 0 saturated heterocycles. The third-order valence-electron chi connectivity index (χ3n) is 4.53. The zero-order valence-corrected chi connectivity index (χ0v) is 15.6. The summed E-state index contributed by atoms with van der Waals surface area (Å²) in [6.07, 6.45) is 0. The fourth-order valence-corrected chi connectivity index (χ4v) is 3.21. The predicted octanol–water partition coefficient (Wildman–Crippen LogP) is 3.04. The number of fused-ring (bicyclic) bond motifs is 1. The van der Waals surface area contributed by atoms with Crippen LogP contribution >= 0.6 is 0 Å². The molecule has 2 aromatic carbocycles. The maximum Gasteiger partial charge on any atom is 0.244 e. The molecular formula is C21H19N5O2. The van der Waals surface area contributed by atoms with Crippen molar-refractivity contribution in [1.29, 1.82) is 0 Å². The van der Waals surface area contributed by atoms with Gasteiger partial charge in [-0.15, -0.1) is 0 Å². The third-order valence-corrected chi connectivity index (χ3v) is 4.53. The second kappa shape index (κ2) is 7.11. The zero-order chi connectivity index (χ0) is 19.7. The minimum absolute atomic E-state index is 0.0424. The van der Waals surface area contributed by atoms with Gasteiger partial charge in [-0.25, -0.2) is 4.98 Å². The molecule has 140 valence electrons. The van der Waals surface area contributed by atoms with Gasteiger partial charge in [0.25, 0.3) is 0 Å². The number of para-hydroxylation sites is 1. The molecule has 0 spiro atoms. The first-order chi connectivity index (χ1) is 13.5. The Kier molecular flexibility index (Phi) is 4.49. The van der Waals surface area contributed by atoms with Crippen molar-refractivity contribution in [2.75, 3.05) is 5.32 Å². The van der Waals surface area contributed by atoms with E-state index in [1.165, 1.54) is 0 Å². The van der Waals surface area contributed by atoms with E-state index >= 15 is 0 Å². The molecule has 0 bridgehead atoms. The standard InChI is InChI=1S/C21H19N5O2/c1-13-10-19(27)17-8-3-4-9-18(17)26(13)12-20(28)23-16-7-5-6-15(11-16)21-22-14(2)24-25-21/h3-11H,12H2,1-2H3,(H,23,28)(H,22,24,25). The van der Waals surface area contributed by atoms with Gasteiger partial charge in [0.15, 0.2) is 11.3 Å². The lowest BCUT2D eigenvalue weighted by Gasteiger charge is -2.14. The molecule has 1 amide bonds. The first kappa shape index (κ1) is 17.7. The fourth-order valence-electron chi connectivity index (χ4n) is 3.21. The van der Waals surface area contributed by atoms with Crippen LogP contribution < -0.4 is 10.7 Å². The number of aryl methyl sites for hydroxylation is 2. The number of benzene rings is 2. The number of carbonyl (C=O) groups excluding carboxylic acids is 1. The van der Waals surface area contributed by atoms with Crippen LogP contribution in [0.25, 0.3) is 22.3 Å². The van der Waals surface area contributed by atoms with E-state index in [-0.39, 0.29) is 17.9 Å². The van der Waals surface area contributed by atoms with Crippen molar-refractivity contribution >= 4 is 22.5 Å². The Labute approximate surface area is 161 Å². The Hall–Kier alpha value is -3.74. The normalized spacial score (nSPS) is 10.9. The highest BCUT2D eigenvalue weighted by atomic mass is 16.2. The van der Waals surface area contributed by atoms with Crippen LogP contribution in [0.1, 0.15) is 11.5 Å². The molecule has 0 atom stereocenters. The molecule has 0 aliphatic carbocycles. The Bertz CT molecular complexity index is 1240. The van der Waals surface area contributed by atoms with Gasteiger partial charge in [0.2, 0.25) is 5.91 Å². The lowest BCUT2D eigenvalue weighted by atomic mass is 10.1. The Morgan fingerprint density at radius 1 is 1.11 bits per heavy atom. The summed E-state index contributed by atoms with van der Waals surface area (Å²) < 4.78 is 1.84. The second-order valence-corrected chi connectivity index (χ2v) is 6.63. The van der Waals surface area contributed by atoms with Gasteiger partial charge in [-0.05, 0) is 38.1 Å². The molecule has 0 aliphatic rings. The molecule has 0 radical (unpaired) electrons. The zero-order valence-electron chi connectivity index (χ0n) is 15.6. The van der Waals surface area contributed by atoms with Crippen LogP contribution in [0.15, 0.2) is 59.4 Å². The predicted molar refractivity (Wildman–Crippen MR) is 108 cm³/mol. The van der Waals surface area contributed by atoms with E-state index in [1.807, 2.05) is 60.9 Å². The maximum atomic E-state index is 12.7. The molecule has 0 aliphatic heterocycles. The number of anilines is 1. The molecule has 2 heterocycles. The van der Waals surface area contributed by atoms with Crippen molar-refractivity contribution in [1.82, 2.24) is 19.7 Å². The first-order valence-electron chi connectivity index (χ1n) is 8.90. The molecule has 0 saturated carbocycles. The van der Waals surface area contributed by atoms with Crippen molar-refractivity contribution in [2.24, 2.45) is 0 Å². The van der Waals surface area contributed by atoms with E-state index in [9.17, 15) is 9.59 Å². The number of rotatable bonds is 4. The van der Waals surface area contributed by atoms with Crippen LogP contribution in [0.5, 0.6) is 0 Å². The smallest absolute Gasteiger partial charge is 0.244 e. The summed E-state index contributed by atoms with van der Waals surface area (Å²) in [5, 5.41) is 10.5. The summed E-state index contributed by atoms with van der Waals surface area (Å²) in [4.78, 5) is 29.2. The highest BCUT2D eigenvalue weighted by Gasteiger charge is 2.11.